The normalized spacial score (nSPS) is 11.6. The van der Waals surface area contributed by atoms with Crippen molar-refractivity contribution >= 4 is 5.91 Å². The van der Waals surface area contributed by atoms with Crippen molar-refractivity contribution in [2.75, 3.05) is 13.1 Å². The molecular weight excluding hydrogens is 351 g/mol. The van der Waals surface area contributed by atoms with E-state index in [1.807, 2.05) is 0 Å². The summed E-state index contributed by atoms with van der Waals surface area (Å²) in [6, 6.07) is 4.79. The molecule has 154 valence electrons. The Morgan fingerprint density at radius 1 is 0.852 bits per heavy atom. The maximum Gasteiger partial charge on any atom is 0.416 e. The van der Waals surface area contributed by atoms with E-state index in [9.17, 15) is 18.0 Å². The van der Waals surface area contributed by atoms with Gasteiger partial charge in [0.15, 0.2) is 0 Å². The Morgan fingerprint density at radius 2 is 1.37 bits per heavy atom. The molecule has 0 bridgehead atoms. The van der Waals surface area contributed by atoms with Gasteiger partial charge in [-0.05, 0) is 31.0 Å². The lowest BCUT2D eigenvalue weighted by atomic mass is 10.1. The first-order valence-electron chi connectivity index (χ1n) is 10.4. The van der Waals surface area contributed by atoms with Crippen LogP contribution in [0.15, 0.2) is 24.3 Å². The molecule has 0 aliphatic rings. The van der Waals surface area contributed by atoms with E-state index in [0.29, 0.717) is 13.1 Å². The number of benzene rings is 1. The predicted octanol–water partition coefficient (Wildman–Crippen LogP) is 7.09. The number of nitrogens with zero attached hydrogens (tertiary/aromatic N) is 1. The Morgan fingerprint density at radius 3 is 1.85 bits per heavy atom. The Bertz CT molecular complexity index is 529. The highest BCUT2D eigenvalue weighted by Crippen LogP contribution is 2.29. The third kappa shape index (κ3) is 9.30. The van der Waals surface area contributed by atoms with Gasteiger partial charge in [0, 0.05) is 18.7 Å². The van der Waals surface area contributed by atoms with Gasteiger partial charge in [-0.2, -0.15) is 13.2 Å². The molecule has 0 aliphatic carbocycles. The van der Waals surface area contributed by atoms with Crippen molar-refractivity contribution in [3.8, 4) is 0 Å². The Labute approximate surface area is 162 Å². The molecule has 0 aliphatic heterocycles. The van der Waals surface area contributed by atoms with Gasteiger partial charge in [-0.1, -0.05) is 71.3 Å². The first-order valence-corrected chi connectivity index (χ1v) is 10.4. The van der Waals surface area contributed by atoms with Crippen LogP contribution < -0.4 is 0 Å². The minimum absolute atomic E-state index is 0.131. The van der Waals surface area contributed by atoms with Crippen molar-refractivity contribution < 1.29 is 18.0 Å². The quantitative estimate of drug-likeness (QED) is 0.332. The van der Waals surface area contributed by atoms with Gasteiger partial charge < -0.3 is 4.90 Å². The molecule has 0 unspecified atom stereocenters. The van der Waals surface area contributed by atoms with Crippen molar-refractivity contribution in [2.45, 2.75) is 84.2 Å². The van der Waals surface area contributed by atoms with E-state index in [1.165, 1.54) is 25.0 Å². The number of halogens is 3. The topological polar surface area (TPSA) is 20.3 Å². The molecule has 1 aromatic carbocycles. The second-order valence-corrected chi connectivity index (χ2v) is 7.20. The molecule has 0 atom stereocenters. The van der Waals surface area contributed by atoms with Crippen LogP contribution in [-0.2, 0) is 6.18 Å². The maximum absolute atomic E-state index is 12.9. The molecule has 0 saturated heterocycles. The Balaban J connectivity index is 2.72. The SMILES string of the molecule is CCCCCCCN(CCCCCCC)C(=O)c1cccc(C(F)(F)F)c1. The summed E-state index contributed by atoms with van der Waals surface area (Å²) in [5, 5.41) is 0. The second kappa shape index (κ2) is 12.8. The highest BCUT2D eigenvalue weighted by Gasteiger charge is 2.31. The van der Waals surface area contributed by atoms with Crippen LogP contribution in [0.1, 0.15) is 94.0 Å². The van der Waals surface area contributed by atoms with E-state index in [-0.39, 0.29) is 11.5 Å². The standard InChI is InChI=1S/C22H34F3NO/c1-3-5-7-9-11-16-26(17-12-10-8-6-4-2)21(27)19-14-13-15-20(18-19)22(23,24)25/h13-15,18H,3-12,16-17H2,1-2H3. The summed E-state index contributed by atoms with van der Waals surface area (Å²) in [5.41, 5.74) is -0.633. The van der Waals surface area contributed by atoms with Crippen LogP contribution in [0.2, 0.25) is 0 Å². The molecule has 5 heteroatoms. The minimum Gasteiger partial charge on any atom is -0.339 e. The van der Waals surface area contributed by atoms with Crippen molar-refractivity contribution in [1.82, 2.24) is 4.90 Å². The zero-order valence-corrected chi connectivity index (χ0v) is 16.8. The van der Waals surface area contributed by atoms with Gasteiger partial charge in [-0.15, -0.1) is 0 Å². The van der Waals surface area contributed by atoms with Gasteiger partial charge in [-0.25, -0.2) is 0 Å². The van der Waals surface area contributed by atoms with Gasteiger partial charge in [0.2, 0.25) is 0 Å². The fourth-order valence-electron chi connectivity index (χ4n) is 3.14. The lowest BCUT2D eigenvalue weighted by Gasteiger charge is -2.23. The molecule has 1 aromatic rings. The molecule has 0 radical (unpaired) electrons. The summed E-state index contributed by atoms with van der Waals surface area (Å²) in [6.07, 6.45) is 6.43. The summed E-state index contributed by atoms with van der Waals surface area (Å²) < 4.78 is 38.8. The van der Waals surface area contributed by atoms with E-state index in [0.717, 1.165) is 63.5 Å². The molecule has 2 nitrogen and oxygen atoms in total. The van der Waals surface area contributed by atoms with E-state index < -0.39 is 11.7 Å². The number of hydrogen-bond acceptors (Lipinski definition) is 1. The number of carbonyl (C=O) groups excluding carboxylic acids is 1. The average molecular weight is 386 g/mol. The van der Waals surface area contributed by atoms with Crippen LogP contribution >= 0.6 is 0 Å². The first kappa shape index (κ1) is 23.5. The molecule has 0 saturated carbocycles. The molecule has 1 rings (SSSR count). The van der Waals surface area contributed by atoms with Crippen molar-refractivity contribution in [2.24, 2.45) is 0 Å². The van der Waals surface area contributed by atoms with E-state index in [2.05, 4.69) is 13.8 Å². The molecule has 27 heavy (non-hydrogen) atoms. The lowest BCUT2D eigenvalue weighted by molar-refractivity contribution is -0.137. The van der Waals surface area contributed by atoms with Gasteiger partial charge in [0.25, 0.3) is 5.91 Å². The minimum atomic E-state index is -4.43. The van der Waals surface area contributed by atoms with Crippen LogP contribution in [0.4, 0.5) is 13.2 Å². The number of unbranched alkanes of at least 4 members (excludes halogenated alkanes) is 8. The number of amides is 1. The summed E-state index contributed by atoms with van der Waals surface area (Å²) in [5.74, 6) is -0.285. The summed E-state index contributed by atoms with van der Waals surface area (Å²) in [4.78, 5) is 14.6. The third-order valence-electron chi connectivity index (χ3n) is 4.79. The highest BCUT2D eigenvalue weighted by atomic mass is 19.4. The Hall–Kier alpha value is -1.52. The zero-order chi connectivity index (χ0) is 20.1. The predicted molar refractivity (Wildman–Crippen MR) is 105 cm³/mol. The van der Waals surface area contributed by atoms with E-state index >= 15 is 0 Å². The fourth-order valence-corrected chi connectivity index (χ4v) is 3.14. The van der Waals surface area contributed by atoms with Gasteiger partial charge in [-0.3, -0.25) is 4.79 Å². The summed E-state index contributed by atoms with van der Waals surface area (Å²) in [7, 11) is 0. The lowest BCUT2D eigenvalue weighted by Crippen LogP contribution is -2.33. The molecule has 1 amide bonds. The van der Waals surface area contributed by atoms with Crippen LogP contribution in [0.25, 0.3) is 0 Å². The first-order chi connectivity index (χ1) is 12.9. The molecular formula is C22H34F3NO. The monoisotopic (exact) mass is 385 g/mol. The Kier molecular flexibility index (Phi) is 11.1. The second-order valence-electron chi connectivity index (χ2n) is 7.20. The summed E-state index contributed by atoms with van der Waals surface area (Å²) in [6.45, 7) is 5.54. The van der Waals surface area contributed by atoms with E-state index in [4.69, 9.17) is 0 Å². The van der Waals surface area contributed by atoms with Crippen molar-refractivity contribution in [1.29, 1.82) is 0 Å². The van der Waals surface area contributed by atoms with Crippen molar-refractivity contribution in [3.05, 3.63) is 35.4 Å². The smallest absolute Gasteiger partial charge is 0.339 e. The van der Waals surface area contributed by atoms with Crippen molar-refractivity contribution in [3.63, 3.8) is 0 Å². The van der Waals surface area contributed by atoms with Crippen LogP contribution in [0, 0.1) is 0 Å². The fraction of sp³-hybridized carbons (Fsp3) is 0.682. The van der Waals surface area contributed by atoms with Gasteiger partial charge >= 0.3 is 6.18 Å². The number of carbonyl (C=O) groups is 1. The summed E-state index contributed by atoms with van der Waals surface area (Å²) >= 11 is 0. The van der Waals surface area contributed by atoms with E-state index in [1.54, 1.807) is 4.90 Å². The number of alkyl halides is 3. The molecule has 0 fully saturated rings. The average Bonchev–Trinajstić information content (AvgIpc) is 2.65. The number of hydrogen-bond donors (Lipinski definition) is 0. The zero-order valence-electron chi connectivity index (χ0n) is 16.8. The molecule has 0 aromatic heterocycles. The molecule has 0 N–H and O–H groups in total. The van der Waals surface area contributed by atoms with Gasteiger partial charge in [0.05, 0.1) is 5.56 Å². The number of rotatable bonds is 13. The molecule has 0 spiro atoms. The highest BCUT2D eigenvalue weighted by molar-refractivity contribution is 5.94. The van der Waals surface area contributed by atoms with Crippen LogP contribution in [0.3, 0.4) is 0 Å². The van der Waals surface area contributed by atoms with Crippen LogP contribution in [0.5, 0.6) is 0 Å². The molecule has 0 heterocycles. The maximum atomic E-state index is 12.9. The van der Waals surface area contributed by atoms with Crippen LogP contribution in [-0.4, -0.2) is 23.9 Å². The third-order valence-corrected chi connectivity index (χ3v) is 4.79. The largest absolute Gasteiger partial charge is 0.416 e. The van der Waals surface area contributed by atoms with Gasteiger partial charge in [0.1, 0.15) is 0 Å².